The van der Waals surface area contributed by atoms with E-state index in [2.05, 4.69) is 10.6 Å². The number of likely N-dealkylation sites (N-methyl/N-ethyl adjacent to an activating group) is 1. The van der Waals surface area contributed by atoms with Crippen LogP contribution in [0.25, 0.3) is 0 Å². The Bertz CT molecular complexity index is 1120. The fourth-order valence-electron chi connectivity index (χ4n) is 3.97. The molecule has 172 valence electrons. The second kappa shape index (κ2) is 9.17. The van der Waals surface area contributed by atoms with Gasteiger partial charge in [-0.2, -0.15) is 0 Å². The molecule has 0 fully saturated rings. The normalized spacial score (nSPS) is 20.2. The number of nitrogens with one attached hydrogen (secondary N) is 2. The summed E-state index contributed by atoms with van der Waals surface area (Å²) in [6, 6.07) is 2.57. The Kier molecular flexibility index (Phi) is 6.75. The standard InChI is InChI=1S/C22H25F2N3O5/c1-22(6-7-32-3)16(25-2)11-27-10-14(18(28)19(29)17(27)20(22)30)21(31)26-9-12-4-5-13(23)8-15(12)24/h4-5,8,10,16,25,29H,6-7,9,11H2,1-3H3,(H,26,31). The average molecular weight is 449 g/mol. The van der Waals surface area contributed by atoms with Crippen LogP contribution in [0, 0.1) is 17.0 Å². The van der Waals surface area contributed by atoms with Gasteiger partial charge in [0.15, 0.2) is 11.5 Å². The highest BCUT2D eigenvalue weighted by atomic mass is 19.1. The van der Waals surface area contributed by atoms with Gasteiger partial charge >= 0.3 is 0 Å². The molecular weight excluding hydrogens is 424 g/mol. The number of halogens is 2. The molecular formula is C22H25F2N3O5. The minimum atomic E-state index is -1.00. The zero-order chi connectivity index (χ0) is 23.6. The number of Topliss-reactive ketones (excluding diaryl/α,β-unsaturated/α-hetero) is 1. The van der Waals surface area contributed by atoms with Gasteiger partial charge in [-0.05, 0) is 19.5 Å². The first-order valence-corrected chi connectivity index (χ1v) is 10.0. The Hall–Kier alpha value is -3.11. The Balaban J connectivity index is 1.93. The van der Waals surface area contributed by atoms with E-state index >= 15 is 0 Å². The van der Waals surface area contributed by atoms with Crippen molar-refractivity contribution < 1.29 is 28.2 Å². The van der Waals surface area contributed by atoms with Crippen LogP contribution in [0.5, 0.6) is 5.75 Å². The number of hydrogen-bond donors (Lipinski definition) is 3. The summed E-state index contributed by atoms with van der Waals surface area (Å²) in [4.78, 5) is 38.5. The van der Waals surface area contributed by atoms with Crippen molar-refractivity contribution in [3.05, 3.63) is 63.1 Å². The van der Waals surface area contributed by atoms with Gasteiger partial charge in [0.25, 0.3) is 5.91 Å². The molecule has 3 N–H and O–H groups in total. The highest BCUT2D eigenvalue weighted by Gasteiger charge is 2.47. The summed E-state index contributed by atoms with van der Waals surface area (Å²) in [7, 11) is 3.21. The number of amides is 1. The number of ether oxygens (including phenoxy) is 1. The average Bonchev–Trinajstić information content (AvgIpc) is 2.76. The molecule has 0 aliphatic carbocycles. The number of fused-ring (bicyclic) bond motifs is 1. The van der Waals surface area contributed by atoms with E-state index in [-0.39, 0.29) is 30.4 Å². The van der Waals surface area contributed by atoms with Crippen molar-refractivity contribution in [1.29, 1.82) is 0 Å². The van der Waals surface area contributed by atoms with E-state index in [0.717, 1.165) is 6.07 Å². The minimum absolute atomic E-state index is 0.0290. The predicted octanol–water partition coefficient (Wildman–Crippen LogP) is 1.59. The van der Waals surface area contributed by atoms with Gasteiger partial charge in [0.2, 0.25) is 5.43 Å². The lowest BCUT2D eigenvalue weighted by Crippen LogP contribution is -2.54. The molecule has 2 aromatic rings. The zero-order valence-electron chi connectivity index (χ0n) is 18.0. The molecule has 1 aliphatic heterocycles. The Morgan fingerprint density at radius 3 is 2.69 bits per heavy atom. The lowest BCUT2D eigenvalue weighted by molar-refractivity contribution is 0.0556. The van der Waals surface area contributed by atoms with Crippen molar-refractivity contribution in [1.82, 2.24) is 15.2 Å². The van der Waals surface area contributed by atoms with Crippen LogP contribution in [0.3, 0.4) is 0 Å². The third-order valence-electron chi connectivity index (χ3n) is 6.01. The van der Waals surface area contributed by atoms with Gasteiger partial charge in [-0.25, -0.2) is 8.78 Å². The number of methoxy groups -OCH3 is 1. The van der Waals surface area contributed by atoms with E-state index in [4.69, 9.17) is 4.74 Å². The van der Waals surface area contributed by atoms with Crippen LogP contribution >= 0.6 is 0 Å². The topological polar surface area (TPSA) is 110 Å². The maximum Gasteiger partial charge on any atom is 0.257 e. The van der Waals surface area contributed by atoms with E-state index in [0.29, 0.717) is 19.1 Å². The van der Waals surface area contributed by atoms with Crippen LogP contribution in [-0.4, -0.2) is 48.2 Å². The highest BCUT2D eigenvalue weighted by molar-refractivity contribution is 6.03. The summed E-state index contributed by atoms with van der Waals surface area (Å²) in [5.41, 5.74) is -2.46. The van der Waals surface area contributed by atoms with E-state index in [1.54, 1.807) is 14.0 Å². The second-order valence-electron chi connectivity index (χ2n) is 7.97. The molecule has 2 heterocycles. The monoisotopic (exact) mass is 449 g/mol. The number of aromatic hydroxyl groups is 1. The lowest BCUT2D eigenvalue weighted by atomic mass is 9.72. The van der Waals surface area contributed by atoms with Crippen LogP contribution in [0.2, 0.25) is 0 Å². The maximum atomic E-state index is 13.8. The molecule has 32 heavy (non-hydrogen) atoms. The highest BCUT2D eigenvalue weighted by Crippen LogP contribution is 2.37. The van der Waals surface area contributed by atoms with E-state index < -0.39 is 45.5 Å². The van der Waals surface area contributed by atoms with E-state index in [1.165, 1.54) is 23.9 Å². The Labute approximate surface area is 183 Å². The molecule has 0 saturated heterocycles. The quantitative estimate of drug-likeness (QED) is 0.592. The van der Waals surface area contributed by atoms with Crippen molar-refractivity contribution >= 4 is 11.7 Å². The fraction of sp³-hybridized carbons (Fsp3) is 0.409. The number of carbonyl (C=O) groups excluding carboxylic acids is 2. The first-order chi connectivity index (χ1) is 15.1. The van der Waals surface area contributed by atoms with Gasteiger partial charge in [0.05, 0.1) is 5.41 Å². The molecule has 0 bridgehead atoms. The molecule has 0 saturated carbocycles. The number of benzene rings is 1. The summed E-state index contributed by atoms with van der Waals surface area (Å²) in [5, 5.41) is 16.0. The smallest absolute Gasteiger partial charge is 0.257 e. The first kappa shape index (κ1) is 23.6. The van der Waals surface area contributed by atoms with Gasteiger partial charge in [0.1, 0.15) is 22.9 Å². The van der Waals surface area contributed by atoms with Crippen molar-refractivity contribution in [3.63, 3.8) is 0 Å². The summed E-state index contributed by atoms with van der Waals surface area (Å²) < 4.78 is 33.3. The van der Waals surface area contributed by atoms with Gasteiger partial charge in [-0.3, -0.25) is 14.4 Å². The number of ketones is 1. The summed E-state index contributed by atoms with van der Waals surface area (Å²) in [6.07, 6.45) is 1.58. The second-order valence-corrected chi connectivity index (χ2v) is 7.97. The van der Waals surface area contributed by atoms with Crippen molar-refractivity contribution in [2.24, 2.45) is 5.41 Å². The van der Waals surface area contributed by atoms with Gasteiger partial charge in [-0.15, -0.1) is 0 Å². The lowest BCUT2D eigenvalue weighted by Gasteiger charge is -2.41. The van der Waals surface area contributed by atoms with Crippen LogP contribution in [0.1, 0.15) is 39.8 Å². The van der Waals surface area contributed by atoms with Crippen LogP contribution in [0.4, 0.5) is 8.78 Å². The van der Waals surface area contributed by atoms with E-state index in [1.807, 2.05) is 0 Å². The van der Waals surface area contributed by atoms with Gasteiger partial charge in [0, 0.05) is 50.7 Å². The number of aromatic nitrogens is 1. The number of rotatable bonds is 7. The van der Waals surface area contributed by atoms with Crippen LogP contribution in [-0.2, 0) is 17.8 Å². The molecule has 8 nitrogen and oxygen atoms in total. The zero-order valence-corrected chi connectivity index (χ0v) is 18.0. The third-order valence-corrected chi connectivity index (χ3v) is 6.01. The number of carbonyl (C=O) groups is 2. The van der Waals surface area contributed by atoms with Crippen molar-refractivity contribution in [2.75, 3.05) is 20.8 Å². The molecule has 3 rings (SSSR count). The summed E-state index contributed by atoms with van der Waals surface area (Å²) in [6.45, 7) is 1.98. The maximum absolute atomic E-state index is 13.8. The minimum Gasteiger partial charge on any atom is -0.503 e. The van der Waals surface area contributed by atoms with Gasteiger partial charge < -0.3 is 25.0 Å². The Morgan fingerprint density at radius 1 is 1.34 bits per heavy atom. The van der Waals surface area contributed by atoms with Crippen LogP contribution < -0.4 is 16.1 Å². The molecule has 2 unspecified atom stereocenters. The van der Waals surface area contributed by atoms with Crippen molar-refractivity contribution in [2.45, 2.75) is 32.5 Å². The predicted molar refractivity (Wildman–Crippen MR) is 112 cm³/mol. The number of pyridine rings is 1. The molecule has 1 aromatic carbocycles. The number of nitrogens with zero attached hydrogens (tertiary/aromatic N) is 1. The summed E-state index contributed by atoms with van der Waals surface area (Å²) in [5.74, 6) is -3.70. The molecule has 2 atom stereocenters. The third kappa shape index (κ3) is 4.15. The first-order valence-electron chi connectivity index (χ1n) is 10.0. The largest absolute Gasteiger partial charge is 0.503 e. The van der Waals surface area contributed by atoms with Gasteiger partial charge in [-0.1, -0.05) is 13.0 Å². The van der Waals surface area contributed by atoms with Crippen LogP contribution in [0.15, 0.2) is 29.2 Å². The fourth-order valence-corrected chi connectivity index (χ4v) is 3.97. The summed E-state index contributed by atoms with van der Waals surface area (Å²) >= 11 is 0. The molecule has 10 heteroatoms. The molecule has 1 aliphatic rings. The van der Waals surface area contributed by atoms with E-state index in [9.17, 15) is 28.3 Å². The Morgan fingerprint density at radius 2 is 2.06 bits per heavy atom. The SMILES string of the molecule is CNC1Cn2cc(C(=O)NCc3ccc(F)cc3F)c(=O)c(O)c2C(=O)C1(C)CCOC. The molecule has 1 aromatic heterocycles. The number of hydrogen-bond acceptors (Lipinski definition) is 6. The molecule has 0 radical (unpaired) electrons. The molecule has 1 amide bonds. The van der Waals surface area contributed by atoms with Crippen molar-refractivity contribution in [3.8, 4) is 5.75 Å². The molecule has 0 spiro atoms.